The molecule has 2 unspecified atom stereocenters. The van der Waals surface area contributed by atoms with Gasteiger partial charge in [0.05, 0.1) is 23.5 Å². The number of nitrogen functional groups attached to an aromatic ring is 1. The third-order valence-electron chi connectivity index (χ3n) is 15.1. The smallest absolute Gasteiger partial charge is 0.254 e. The average Bonchev–Trinajstić information content (AvgIpc) is 4.20. The lowest BCUT2D eigenvalue weighted by molar-refractivity contribution is -0.141. The van der Waals surface area contributed by atoms with Gasteiger partial charge in [0.15, 0.2) is 11.6 Å². The van der Waals surface area contributed by atoms with Gasteiger partial charge in [-0.25, -0.2) is 9.97 Å². The summed E-state index contributed by atoms with van der Waals surface area (Å²) in [4.78, 5) is 48.0. The third-order valence-corrected chi connectivity index (χ3v) is 15.1. The Bertz CT molecular complexity index is 2870. The number of para-hydroxylation sites is 1. The van der Waals surface area contributed by atoms with Crippen LogP contribution in [0, 0.1) is 5.92 Å². The van der Waals surface area contributed by atoms with E-state index in [2.05, 4.69) is 62.4 Å². The lowest BCUT2D eigenvalue weighted by Gasteiger charge is -2.43. The molecule has 4 fully saturated rings. The van der Waals surface area contributed by atoms with Crippen molar-refractivity contribution in [2.45, 2.75) is 76.2 Å². The van der Waals surface area contributed by atoms with Crippen LogP contribution in [0.3, 0.4) is 0 Å². The monoisotopic (exact) mass is 1010 g/mol. The molecule has 0 aliphatic carbocycles. The second-order valence-corrected chi connectivity index (χ2v) is 20.3. The number of amides is 2. The molecule has 0 radical (unpaired) electrons. The number of nitrogens with one attached hydrogen (secondary N) is 1. The minimum Gasteiger partial charge on any atom is -0.507 e. The highest BCUT2D eigenvalue weighted by Gasteiger charge is 2.44. The summed E-state index contributed by atoms with van der Waals surface area (Å²) in [6, 6.07) is 22.1. The number of aliphatic hydroxyl groups is 1. The minimum absolute atomic E-state index is 0.0474. The molecule has 8 heterocycles. The molecule has 4 saturated heterocycles. The first-order chi connectivity index (χ1) is 35.9. The number of rotatable bonds is 18. The molecular formula is C54H67N13O7. The van der Waals surface area contributed by atoms with Gasteiger partial charge in [-0.1, -0.05) is 50.2 Å². The number of likely N-dealkylation sites (tertiary alicyclic amines) is 1. The van der Waals surface area contributed by atoms with Gasteiger partial charge in [0.1, 0.15) is 36.7 Å². The number of fused-ring (bicyclic) bond motifs is 2. The Hall–Kier alpha value is -7.29. The molecular weight excluding hydrogens is 943 g/mol. The summed E-state index contributed by atoms with van der Waals surface area (Å²) < 4.78 is 20.0. The van der Waals surface area contributed by atoms with Crippen molar-refractivity contribution >= 4 is 29.0 Å². The molecule has 20 nitrogen and oxygen atoms in total. The second kappa shape index (κ2) is 22.0. The molecule has 4 aliphatic rings. The number of benzene rings is 2. The number of phenolic OH excluding ortho intramolecular Hbond substituents is 1. The maximum absolute atomic E-state index is 14.2. The molecule has 2 aromatic carbocycles. The summed E-state index contributed by atoms with van der Waals surface area (Å²) in [5, 5.41) is 36.9. The fourth-order valence-electron chi connectivity index (χ4n) is 11.1. The topological polar surface area (TPSA) is 230 Å². The summed E-state index contributed by atoms with van der Waals surface area (Å²) in [5.41, 5.74) is 11.4. The quantitative estimate of drug-likeness (QED) is 0.0913. The van der Waals surface area contributed by atoms with E-state index in [4.69, 9.17) is 19.7 Å². The Morgan fingerprint density at radius 3 is 2.23 bits per heavy atom. The first-order valence-corrected chi connectivity index (χ1v) is 25.8. The van der Waals surface area contributed by atoms with Crippen LogP contribution >= 0.6 is 0 Å². The Morgan fingerprint density at radius 1 is 0.851 bits per heavy atom. The Labute approximate surface area is 431 Å². The summed E-state index contributed by atoms with van der Waals surface area (Å²) >= 11 is 0. The molecule has 2 amide bonds. The van der Waals surface area contributed by atoms with Crippen LogP contribution in [0.2, 0.25) is 0 Å². The molecule has 20 heteroatoms. The zero-order chi connectivity index (χ0) is 51.5. The first kappa shape index (κ1) is 50.3. The van der Waals surface area contributed by atoms with Gasteiger partial charge in [-0.3, -0.25) is 19.4 Å². The van der Waals surface area contributed by atoms with Crippen LogP contribution in [0.1, 0.15) is 63.3 Å². The third kappa shape index (κ3) is 11.0. The van der Waals surface area contributed by atoms with E-state index in [0.29, 0.717) is 54.4 Å². The maximum atomic E-state index is 14.2. The second-order valence-electron chi connectivity index (χ2n) is 20.3. The summed E-state index contributed by atoms with van der Waals surface area (Å²) in [7, 11) is 1.94. The number of aryl methyl sites for hydroxylation is 1. The van der Waals surface area contributed by atoms with Crippen molar-refractivity contribution in [3.05, 3.63) is 103 Å². The van der Waals surface area contributed by atoms with Gasteiger partial charge in [-0.05, 0) is 60.7 Å². The number of anilines is 3. The number of nitrogens with zero attached hydrogens (tertiary/aromatic N) is 11. The van der Waals surface area contributed by atoms with Crippen LogP contribution in [-0.2, 0) is 16.6 Å². The molecule has 5 N–H and O–H groups in total. The minimum atomic E-state index is -0.837. The molecule has 6 aromatic rings. The van der Waals surface area contributed by atoms with E-state index >= 15 is 0 Å². The average molecular weight is 1010 g/mol. The maximum Gasteiger partial charge on any atom is 0.254 e. The van der Waals surface area contributed by atoms with Crippen LogP contribution in [0.25, 0.3) is 22.6 Å². The normalized spacial score (nSPS) is 21.0. The predicted molar refractivity (Wildman–Crippen MR) is 279 cm³/mol. The van der Waals surface area contributed by atoms with Crippen LogP contribution < -0.4 is 30.3 Å². The number of aromatic nitrogens is 6. The van der Waals surface area contributed by atoms with E-state index < -0.39 is 18.1 Å². The SMILES string of the molecule is CC(C)[C@@H](C(=O)N1C[C@H](O)C[C@H]1C(=O)N[C@@H](C)c1ccc(-c2nccn2C)cc1)c1cc(OCCN2CCN(CCOc3cc(N4C5CCC4CN(c4cc(-c6ccccc6O)nnc4N)C5)ccn3)CC2)no1. The summed E-state index contributed by atoms with van der Waals surface area (Å²) in [5.74, 6) is 1.12. The number of aliphatic hydroxyl groups excluding tert-OH is 1. The molecule has 0 saturated carbocycles. The van der Waals surface area contributed by atoms with E-state index in [1.54, 1.807) is 24.4 Å². The number of piperazine rings is 2. The number of aromatic hydroxyl groups is 1. The lowest BCUT2D eigenvalue weighted by atomic mass is 9.91. The van der Waals surface area contributed by atoms with Crippen LogP contribution in [0.4, 0.5) is 17.2 Å². The molecule has 4 aliphatic heterocycles. The number of carbonyl (C=O) groups excluding carboxylic acids is 2. The van der Waals surface area contributed by atoms with E-state index in [1.807, 2.05) is 87.2 Å². The van der Waals surface area contributed by atoms with Gasteiger partial charge in [0.25, 0.3) is 5.88 Å². The van der Waals surface area contributed by atoms with Crippen molar-refractivity contribution in [1.29, 1.82) is 0 Å². The molecule has 0 spiro atoms. The highest BCUT2D eigenvalue weighted by molar-refractivity contribution is 5.91. The van der Waals surface area contributed by atoms with Gasteiger partial charge in [-0.15, -0.1) is 10.2 Å². The zero-order valence-corrected chi connectivity index (χ0v) is 42.5. The molecule has 4 aromatic heterocycles. The van der Waals surface area contributed by atoms with Crippen molar-refractivity contribution in [2.75, 3.05) is 87.7 Å². The number of nitrogens with two attached hydrogens (primary N) is 1. The number of carbonyl (C=O) groups is 2. The number of imidazole rings is 1. The fraction of sp³-hybridized carbons (Fsp3) is 0.463. The van der Waals surface area contributed by atoms with E-state index in [1.165, 1.54) is 4.90 Å². The molecule has 74 heavy (non-hydrogen) atoms. The first-order valence-electron chi connectivity index (χ1n) is 25.8. The number of ether oxygens (including phenoxy) is 2. The Kier molecular flexibility index (Phi) is 15.0. The standard InChI is InChI=1S/C54H67N13O7/c1-34(2)50(54(71)66-33-41(68)28-45(66)53(70)58-35(3)36-9-11-37(12-10-36)52-57-17-18-62(52)4)47-30-49(61-74-47)73-26-24-64-21-19-63(20-22-64)23-25-72-48-27-38(15-16-56-48)67-39-13-14-40(67)32-65(31-39)44-29-43(59-60-51(44)55)42-7-5-6-8-46(42)69/h5-12,15-18,27,29-30,34-35,39-41,45,50,68-69H,13-14,19-26,28,31-33H2,1-4H3,(H2,55,60)(H,58,70)/t35-,39?,40?,41+,45-,50+/m0/s1. The Balaban J connectivity index is 0.655. The van der Waals surface area contributed by atoms with Gasteiger partial charge in [0, 0.05) is 132 Å². The van der Waals surface area contributed by atoms with Gasteiger partial charge < -0.3 is 54.5 Å². The van der Waals surface area contributed by atoms with Crippen molar-refractivity contribution < 1.29 is 33.8 Å². The largest absolute Gasteiger partial charge is 0.507 e. The van der Waals surface area contributed by atoms with Crippen molar-refractivity contribution in [3.63, 3.8) is 0 Å². The van der Waals surface area contributed by atoms with Crippen LogP contribution in [0.5, 0.6) is 17.5 Å². The van der Waals surface area contributed by atoms with Gasteiger partial charge >= 0.3 is 0 Å². The Morgan fingerprint density at radius 2 is 1.55 bits per heavy atom. The number of phenols is 1. The van der Waals surface area contributed by atoms with Crippen LogP contribution in [0.15, 0.2) is 95.9 Å². The molecule has 10 rings (SSSR count). The molecule has 6 atom stereocenters. The van der Waals surface area contributed by atoms with Crippen molar-refractivity contribution in [1.82, 2.24) is 49.9 Å². The van der Waals surface area contributed by atoms with E-state index in [9.17, 15) is 19.8 Å². The highest BCUT2D eigenvalue weighted by Crippen LogP contribution is 2.40. The molecule has 390 valence electrons. The fourth-order valence-corrected chi connectivity index (χ4v) is 11.1. The number of β-amino-alcohol motifs (C(OH)–C–C–N with tert-alkyl or cyclic N) is 1. The lowest BCUT2D eigenvalue weighted by Crippen LogP contribution is -2.54. The zero-order valence-electron chi connectivity index (χ0n) is 42.5. The number of hydrogen-bond acceptors (Lipinski definition) is 17. The van der Waals surface area contributed by atoms with Gasteiger partial charge in [-0.2, -0.15) is 0 Å². The van der Waals surface area contributed by atoms with Crippen LogP contribution in [-0.4, -0.2) is 163 Å². The van der Waals surface area contributed by atoms with Gasteiger partial charge in [0.2, 0.25) is 17.7 Å². The predicted octanol–water partition coefficient (Wildman–Crippen LogP) is 4.73. The van der Waals surface area contributed by atoms with Crippen molar-refractivity contribution in [2.24, 2.45) is 13.0 Å². The molecule has 2 bridgehead atoms. The van der Waals surface area contributed by atoms with Crippen molar-refractivity contribution in [3.8, 4) is 40.2 Å². The highest BCUT2D eigenvalue weighted by atomic mass is 16.5. The number of pyridine rings is 1. The van der Waals surface area contributed by atoms with E-state index in [-0.39, 0.29) is 54.6 Å². The number of hydrogen-bond donors (Lipinski definition) is 4. The van der Waals surface area contributed by atoms with E-state index in [0.717, 1.165) is 87.0 Å². The summed E-state index contributed by atoms with van der Waals surface area (Å²) in [6.45, 7) is 13.3. The summed E-state index contributed by atoms with van der Waals surface area (Å²) in [6.07, 6.45) is 6.91.